The standard InChI is InChI=1S/C21H25ClN2O3S/c1-15(2)20(16-8-10-17(22)11-9-16)21(25)23-18-6-5-7-19(14-18)28(26,27)24-12-3-4-13-24/h5-11,14-15,20H,3-4,12-13H2,1-2H3,(H,23,25)/t20-/m0/s1. The fourth-order valence-electron chi connectivity index (χ4n) is 3.54. The number of nitrogens with one attached hydrogen (secondary N) is 1. The van der Waals surface area contributed by atoms with Gasteiger partial charge in [-0.1, -0.05) is 43.6 Å². The first kappa shape index (κ1) is 20.8. The fraction of sp³-hybridized carbons (Fsp3) is 0.381. The Morgan fingerprint density at radius 3 is 2.32 bits per heavy atom. The lowest BCUT2D eigenvalue weighted by Crippen LogP contribution is -2.28. The number of amides is 1. The molecule has 0 spiro atoms. The Hall–Kier alpha value is -1.89. The summed E-state index contributed by atoms with van der Waals surface area (Å²) in [7, 11) is -3.52. The van der Waals surface area contributed by atoms with E-state index in [1.165, 1.54) is 10.4 Å². The smallest absolute Gasteiger partial charge is 0.243 e. The van der Waals surface area contributed by atoms with Crippen LogP contribution in [0.1, 0.15) is 38.2 Å². The summed E-state index contributed by atoms with van der Waals surface area (Å²) in [6.45, 7) is 5.05. The van der Waals surface area contributed by atoms with Gasteiger partial charge in [0, 0.05) is 23.8 Å². The van der Waals surface area contributed by atoms with Crippen molar-refractivity contribution in [3.8, 4) is 0 Å². The molecule has 150 valence electrons. The molecule has 0 unspecified atom stereocenters. The number of hydrogen-bond acceptors (Lipinski definition) is 3. The molecule has 7 heteroatoms. The molecule has 1 aliphatic rings. The minimum Gasteiger partial charge on any atom is -0.326 e. The van der Waals surface area contributed by atoms with Crippen LogP contribution in [-0.2, 0) is 14.8 Å². The second-order valence-corrected chi connectivity index (χ2v) is 9.78. The number of rotatable bonds is 6. The molecule has 1 fully saturated rings. The van der Waals surface area contributed by atoms with Crippen LogP contribution in [0.15, 0.2) is 53.4 Å². The quantitative estimate of drug-likeness (QED) is 0.747. The van der Waals surface area contributed by atoms with Crippen molar-refractivity contribution in [2.75, 3.05) is 18.4 Å². The monoisotopic (exact) mass is 420 g/mol. The van der Waals surface area contributed by atoms with E-state index in [1.807, 2.05) is 26.0 Å². The van der Waals surface area contributed by atoms with E-state index >= 15 is 0 Å². The van der Waals surface area contributed by atoms with E-state index in [9.17, 15) is 13.2 Å². The predicted molar refractivity (Wildman–Crippen MR) is 112 cm³/mol. The molecular weight excluding hydrogens is 396 g/mol. The van der Waals surface area contributed by atoms with Crippen LogP contribution in [0.5, 0.6) is 0 Å². The van der Waals surface area contributed by atoms with Crippen molar-refractivity contribution in [3.05, 3.63) is 59.1 Å². The highest BCUT2D eigenvalue weighted by molar-refractivity contribution is 7.89. The highest BCUT2D eigenvalue weighted by Gasteiger charge is 2.28. The Labute approximate surface area is 171 Å². The van der Waals surface area contributed by atoms with Gasteiger partial charge in [-0.15, -0.1) is 0 Å². The van der Waals surface area contributed by atoms with Gasteiger partial charge in [0.25, 0.3) is 0 Å². The molecule has 1 saturated heterocycles. The van der Waals surface area contributed by atoms with Crippen molar-refractivity contribution in [1.29, 1.82) is 0 Å². The third-order valence-corrected chi connectivity index (χ3v) is 7.13. The summed E-state index contributed by atoms with van der Waals surface area (Å²) in [6.07, 6.45) is 1.76. The molecule has 0 aliphatic carbocycles. The molecule has 0 radical (unpaired) electrons. The van der Waals surface area contributed by atoms with Gasteiger partial charge in [-0.25, -0.2) is 8.42 Å². The average Bonchev–Trinajstić information content (AvgIpc) is 3.19. The van der Waals surface area contributed by atoms with Gasteiger partial charge in [-0.3, -0.25) is 4.79 Å². The molecule has 1 heterocycles. The van der Waals surface area contributed by atoms with E-state index < -0.39 is 10.0 Å². The Bertz CT molecular complexity index is 936. The molecule has 28 heavy (non-hydrogen) atoms. The van der Waals surface area contributed by atoms with E-state index in [0.717, 1.165) is 18.4 Å². The summed E-state index contributed by atoms with van der Waals surface area (Å²) >= 11 is 5.96. The van der Waals surface area contributed by atoms with Gasteiger partial charge >= 0.3 is 0 Å². The van der Waals surface area contributed by atoms with Crippen molar-refractivity contribution >= 4 is 33.2 Å². The van der Waals surface area contributed by atoms with Crippen molar-refractivity contribution in [2.45, 2.75) is 37.5 Å². The Balaban J connectivity index is 1.82. The molecule has 5 nitrogen and oxygen atoms in total. The zero-order valence-electron chi connectivity index (χ0n) is 16.1. The van der Waals surface area contributed by atoms with E-state index in [0.29, 0.717) is 23.8 Å². The van der Waals surface area contributed by atoms with Gasteiger partial charge in [0.15, 0.2) is 0 Å². The molecule has 0 bridgehead atoms. The number of hydrogen-bond donors (Lipinski definition) is 1. The highest BCUT2D eigenvalue weighted by atomic mass is 35.5. The number of carbonyl (C=O) groups is 1. The number of benzene rings is 2. The van der Waals surface area contributed by atoms with Crippen molar-refractivity contribution < 1.29 is 13.2 Å². The van der Waals surface area contributed by atoms with E-state index in [1.54, 1.807) is 30.3 Å². The van der Waals surface area contributed by atoms with Crippen LogP contribution in [0.4, 0.5) is 5.69 Å². The number of halogens is 1. The minimum atomic E-state index is -3.52. The zero-order chi connectivity index (χ0) is 20.3. The molecule has 1 N–H and O–H groups in total. The lowest BCUT2D eigenvalue weighted by Gasteiger charge is -2.21. The molecule has 1 amide bonds. The normalized spacial score (nSPS) is 16.3. The third-order valence-electron chi connectivity index (χ3n) is 4.98. The zero-order valence-corrected chi connectivity index (χ0v) is 17.6. The van der Waals surface area contributed by atoms with Gasteiger partial charge < -0.3 is 5.32 Å². The SMILES string of the molecule is CC(C)[C@H](C(=O)Nc1cccc(S(=O)(=O)N2CCCC2)c1)c1ccc(Cl)cc1. The summed E-state index contributed by atoms with van der Waals surface area (Å²) in [5, 5.41) is 3.50. The lowest BCUT2D eigenvalue weighted by atomic mass is 9.87. The lowest BCUT2D eigenvalue weighted by molar-refractivity contribution is -0.118. The van der Waals surface area contributed by atoms with Crippen LogP contribution in [0.3, 0.4) is 0 Å². The minimum absolute atomic E-state index is 0.0673. The fourth-order valence-corrected chi connectivity index (χ4v) is 5.23. The number of nitrogens with zero attached hydrogens (tertiary/aromatic N) is 1. The van der Waals surface area contributed by atoms with Crippen LogP contribution >= 0.6 is 11.6 Å². The maximum Gasteiger partial charge on any atom is 0.243 e. The van der Waals surface area contributed by atoms with Crippen LogP contribution in [0.2, 0.25) is 5.02 Å². The molecule has 1 aliphatic heterocycles. The summed E-state index contributed by atoms with van der Waals surface area (Å²) in [6, 6.07) is 13.7. The van der Waals surface area contributed by atoms with Gasteiger partial charge in [0.2, 0.25) is 15.9 Å². The molecule has 0 saturated carbocycles. The van der Waals surface area contributed by atoms with Gasteiger partial charge in [0.1, 0.15) is 0 Å². The molecular formula is C21H25ClN2O3S. The van der Waals surface area contributed by atoms with Gasteiger partial charge in [-0.05, 0) is 54.7 Å². The van der Waals surface area contributed by atoms with Gasteiger partial charge in [-0.2, -0.15) is 4.31 Å². The first-order valence-corrected chi connectivity index (χ1v) is 11.3. The average molecular weight is 421 g/mol. The van der Waals surface area contributed by atoms with Crippen molar-refractivity contribution in [2.24, 2.45) is 5.92 Å². The molecule has 0 aromatic heterocycles. The number of anilines is 1. The van der Waals surface area contributed by atoms with Crippen molar-refractivity contribution in [3.63, 3.8) is 0 Å². The summed E-state index contributed by atoms with van der Waals surface area (Å²) in [5.74, 6) is -0.471. The largest absolute Gasteiger partial charge is 0.326 e. The molecule has 2 aromatic rings. The van der Waals surface area contributed by atoms with Crippen LogP contribution < -0.4 is 5.32 Å². The van der Waals surface area contributed by atoms with Crippen LogP contribution in [0, 0.1) is 5.92 Å². The second-order valence-electron chi connectivity index (χ2n) is 7.40. The van der Waals surface area contributed by atoms with Crippen LogP contribution in [0.25, 0.3) is 0 Å². The second kappa shape index (κ2) is 8.64. The van der Waals surface area contributed by atoms with E-state index in [2.05, 4.69) is 5.32 Å². The van der Waals surface area contributed by atoms with Crippen LogP contribution in [-0.4, -0.2) is 31.7 Å². The maximum atomic E-state index is 13.0. The summed E-state index contributed by atoms with van der Waals surface area (Å²) in [5.41, 5.74) is 1.35. The number of carbonyl (C=O) groups excluding carboxylic acids is 1. The molecule has 3 rings (SSSR count). The molecule has 2 aromatic carbocycles. The van der Waals surface area contributed by atoms with E-state index in [4.69, 9.17) is 11.6 Å². The predicted octanol–water partition coefficient (Wildman–Crippen LogP) is 4.50. The highest BCUT2D eigenvalue weighted by Crippen LogP contribution is 2.28. The Morgan fingerprint density at radius 2 is 1.71 bits per heavy atom. The maximum absolute atomic E-state index is 13.0. The summed E-state index contributed by atoms with van der Waals surface area (Å²) in [4.78, 5) is 13.2. The number of sulfonamides is 1. The third kappa shape index (κ3) is 4.57. The Kier molecular flexibility index (Phi) is 6.43. The topological polar surface area (TPSA) is 66.5 Å². The van der Waals surface area contributed by atoms with Crippen molar-refractivity contribution in [1.82, 2.24) is 4.31 Å². The summed E-state index contributed by atoms with van der Waals surface area (Å²) < 4.78 is 27.0. The first-order chi connectivity index (χ1) is 13.3. The first-order valence-electron chi connectivity index (χ1n) is 9.45. The Morgan fingerprint density at radius 1 is 1.07 bits per heavy atom. The van der Waals surface area contributed by atoms with Gasteiger partial charge in [0.05, 0.1) is 10.8 Å². The van der Waals surface area contributed by atoms with E-state index in [-0.39, 0.29) is 22.6 Å². The molecule has 1 atom stereocenters.